The maximum atomic E-state index is 12.8. The molecule has 0 aliphatic heterocycles. The Labute approximate surface area is 93.8 Å². The molecular weight excluding hydrogens is 207 g/mol. The molecule has 1 saturated carbocycles. The predicted octanol–water partition coefficient (Wildman–Crippen LogP) is 1.94. The van der Waals surface area contributed by atoms with Crippen LogP contribution >= 0.6 is 0 Å². The van der Waals surface area contributed by atoms with Crippen molar-refractivity contribution in [3.63, 3.8) is 0 Å². The van der Waals surface area contributed by atoms with Crippen LogP contribution in [0.5, 0.6) is 0 Å². The standard InChI is InChI=1S/C12H15FN2O/c1-2-7-5-11(7)15-12(16)9-4-3-8(13)6-10(9)14/h3-4,6-7,11H,2,5,14H2,1H3,(H,15,16). The molecule has 1 aliphatic carbocycles. The molecule has 1 fully saturated rings. The number of carbonyl (C=O) groups excluding carboxylic acids is 1. The molecule has 0 radical (unpaired) electrons. The maximum Gasteiger partial charge on any atom is 0.253 e. The number of anilines is 1. The Bertz CT molecular complexity index is 419. The monoisotopic (exact) mass is 222 g/mol. The van der Waals surface area contributed by atoms with Crippen molar-refractivity contribution in [3.8, 4) is 0 Å². The third-order valence-corrected chi connectivity index (χ3v) is 3.02. The summed E-state index contributed by atoms with van der Waals surface area (Å²) < 4.78 is 12.8. The molecule has 0 heterocycles. The van der Waals surface area contributed by atoms with Crippen LogP contribution in [0.25, 0.3) is 0 Å². The van der Waals surface area contributed by atoms with Gasteiger partial charge in [-0.25, -0.2) is 4.39 Å². The third kappa shape index (κ3) is 2.15. The second-order valence-electron chi connectivity index (χ2n) is 4.22. The van der Waals surface area contributed by atoms with Crippen LogP contribution in [0.15, 0.2) is 18.2 Å². The Kier molecular flexibility index (Phi) is 2.81. The number of nitrogens with one attached hydrogen (secondary N) is 1. The number of hydrogen-bond donors (Lipinski definition) is 2. The molecule has 2 rings (SSSR count). The zero-order valence-electron chi connectivity index (χ0n) is 9.16. The molecule has 2 unspecified atom stereocenters. The zero-order valence-corrected chi connectivity index (χ0v) is 9.16. The number of amides is 1. The summed E-state index contributed by atoms with van der Waals surface area (Å²) in [5.74, 6) is -0.0454. The van der Waals surface area contributed by atoms with E-state index in [0.29, 0.717) is 11.5 Å². The summed E-state index contributed by atoms with van der Waals surface area (Å²) in [7, 11) is 0. The number of rotatable bonds is 3. The van der Waals surface area contributed by atoms with Gasteiger partial charge in [-0.3, -0.25) is 4.79 Å². The van der Waals surface area contributed by atoms with Gasteiger partial charge >= 0.3 is 0 Å². The number of hydrogen-bond acceptors (Lipinski definition) is 2. The quantitative estimate of drug-likeness (QED) is 0.768. The van der Waals surface area contributed by atoms with Gasteiger partial charge in [-0.2, -0.15) is 0 Å². The first-order valence-electron chi connectivity index (χ1n) is 5.47. The minimum absolute atomic E-state index is 0.186. The van der Waals surface area contributed by atoms with Crippen molar-refractivity contribution in [3.05, 3.63) is 29.6 Å². The van der Waals surface area contributed by atoms with Gasteiger partial charge in [0.05, 0.1) is 5.56 Å². The molecule has 16 heavy (non-hydrogen) atoms. The summed E-state index contributed by atoms with van der Waals surface area (Å²) in [6.07, 6.45) is 2.10. The average Bonchev–Trinajstić information content (AvgIpc) is 2.96. The first-order valence-corrected chi connectivity index (χ1v) is 5.47. The first-order chi connectivity index (χ1) is 7.61. The highest BCUT2D eigenvalue weighted by Gasteiger charge is 2.36. The van der Waals surface area contributed by atoms with Crippen molar-refractivity contribution in [1.29, 1.82) is 0 Å². The molecule has 2 atom stereocenters. The van der Waals surface area contributed by atoms with Gasteiger partial charge in [0.25, 0.3) is 5.91 Å². The van der Waals surface area contributed by atoms with Crippen LogP contribution in [0.1, 0.15) is 30.1 Å². The minimum atomic E-state index is -0.424. The Morgan fingerprint density at radius 3 is 2.94 bits per heavy atom. The van der Waals surface area contributed by atoms with Gasteiger partial charge < -0.3 is 11.1 Å². The zero-order chi connectivity index (χ0) is 11.7. The van der Waals surface area contributed by atoms with Gasteiger partial charge in [0.2, 0.25) is 0 Å². The lowest BCUT2D eigenvalue weighted by molar-refractivity contribution is 0.0950. The van der Waals surface area contributed by atoms with E-state index in [0.717, 1.165) is 12.8 Å². The van der Waals surface area contributed by atoms with Crippen LogP contribution in [0.4, 0.5) is 10.1 Å². The Morgan fingerprint density at radius 2 is 2.38 bits per heavy atom. The van der Waals surface area contributed by atoms with Gasteiger partial charge in [-0.05, 0) is 30.5 Å². The molecule has 0 spiro atoms. The maximum absolute atomic E-state index is 12.8. The summed E-state index contributed by atoms with van der Waals surface area (Å²) in [5, 5.41) is 2.89. The van der Waals surface area contributed by atoms with Gasteiger partial charge in [-0.1, -0.05) is 13.3 Å². The highest BCUT2D eigenvalue weighted by atomic mass is 19.1. The number of carbonyl (C=O) groups is 1. The fraction of sp³-hybridized carbons (Fsp3) is 0.417. The van der Waals surface area contributed by atoms with E-state index in [1.807, 2.05) is 0 Å². The Balaban J connectivity index is 2.04. The summed E-state index contributed by atoms with van der Waals surface area (Å²) >= 11 is 0. The highest BCUT2D eigenvalue weighted by molar-refractivity contribution is 5.99. The Hall–Kier alpha value is -1.58. The van der Waals surface area contributed by atoms with E-state index in [1.54, 1.807) is 0 Å². The van der Waals surface area contributed by atoms with E-state index in [2.05, 4.69) is 12.2 Å². The van der Waals surface area contributed by atoms with E-state index in [9.17, 15) is 9.18 Å². The molecule has 1 aromatic carbocycles. The molecule has 0 saturated heterocycles. The van der Waals surface area contributed by atoms with Gasteiger partial charge in [0.15, 0.2) is 0 Å². The first kappa shape index (κ1) is 10.9. The number of halogens is 1. The van der Waals surface area contributed by atoms with E-state index < -0.39 is 5.82 Å². The summed E-state index contributed by atoms with van der Waals surface area (Å²) in [6, 6.07) is 4.10. The number of nitrogen functional groups attached to an aromatic ring is 1. The summed E-state index contributed by atoms with van der Waals surface area (Å²) in [4.78, 5) is 11.8. The van der Waals surface area contributed by atoms with Crippen LogP contribution in [-0.4, -0.2) is 11.9 Å². The van der Waals surface area contributed by atoms with Crippen molar-refractivity contribution in [1.82, 2.24) is 5.32 Å². The average molecular weight is 222 g/mol. The van der Waals surface area contributed by atoms with Crippen molar-refractivity contribution in [2.75, 3.05) is 5.73 Å². The molecule has 3 nitrogen and oxygen atoms in total. The molecule has 0 bridgehead atoms. The topological polar surface area (TPSA) is 55.1 Å². The van der Waals surface area contributed by atoms with E-state index in [1.165, 1.54) is 18.2 Å². The fourth-order valence-electron chi connectivity index (χ4n) is 1.86. The molecule has 1 aliphatic rings. The van der Waals surface area contributed by atoms with Crippen LogP contribution in [0, 0.1) is 11.7 Å². The number of benzene rings is 1. The van der Waals surface area contributed by atoms with E-state index >= 15 is 0 Å². The second-order valence-corrected chi connectivity index (χ2v) is 4.22. The van der Waals surface area contributed by atoms with Crippen molar-refractivity contribution >= 4 is 11.6 Å². The molecular formula is C12H15FN2O. The van der Waals surface area contributed by atoms with Crippen molar-refractivity contribution in [2.24, 2.45) is 5.92 Å². The van der Waals surface area contributed by atoms with E-state index in [4.69, 9.17) is 5.73 Å². The number of nitrogens with two attached hydrogens (primary N) is 1. The minimum Gasteiger partial charge on any atom is -0.398 e. The summed E-state index contributed by atoms with van der Waals surface area (Å²) in [6.45, 7) is 2.10. The molecule has 1 amide bonds. The fourth-order valence-corrected chi connectivity index (χ4v) is 1.86. The normalized spacial score (nSPS) is 22.9. The van der Waals surface area contributed by atoms with Crippen LogP contribution < -0.4 is 11.1 Å². The lowest BCUT2D eigenvalue weighted by Crippen LogP contribution is -2.27. The van der Waals surface area contributed by atoms with E-state index in [-0.39, 0.29) is 17.6 Å². The van der Waals surface area contributed by atoms with Gasteiger partial charge in [-0.15, -0.1) is 0 Å². The largest absolute Gasteiger partial charge is 0.398 e. The summed E-state index contributed by atoms with van der Waals surface area (Å²) in [5.41, 5.74) is 6.12. The second kappa shape index (κ2) is 4.12. The highest BCUT2D eigenvalue weighted by Crippen LogP contribution is 2.33. The van der Waals surface area contributed by atoms with Gasteiger partial charge in [0.1, 0.15) is 5.82 Å². The lowest BCUT2D eigenvalue weighted by Gasteiger charge is -2.06. The van der Waals surface area contributed by atoms with Gasteiger partial charge in [0, 0.05) is 11.7 Å². The molecule has 3 N–H and O–H groups in total. The smallest absolute Gasteiger partial charge is 0.253 e. The molecule has 86 valence electrons. The molecule has 1 aromatic rings. The SMILES string of the molecule is CCC1CC1NC(=O)c1ccc(F)cc1N. The predicted molar refractivity (Wildman–Crippen MR) is 60.5 cm³/mol. The van der Waals surface area contributed by atoms with Crippen LogP contribution in [0.2, 0.25) is 0 Å². The third-order valence-electron chi connectivity index (χ3n) is 3.02. The van der Waals surface area contributed by atoms with Crippen LogP contribution in [-0.2, 0) is 0 Å². The lowest BCUT2D eigenvalue weighted by atomic mass is 10.1. The van der Waals surface area contributed by atoms with Crippen molar-refractivity contribution in [2.45, 2.75) is 25.8 Å². The Morgan fingerprint density at radius 1 is 1.62 bits per heavy atom. The molecule has 4 heteroatoms. The van der Waals surface area contributed by atoms with Crippen LogP contribution in [0.3, 0.4) is 0 Å². The molecule has 0 aromatic heterocycles. The van der Waals surface area contributed by atoms with Crippen molar-refractivity contribution < 1.29 is 9.18 Å².